The Morgan fingerprint density at radius 3 is 2.29 bits per heavy atom. The van der Waals surface area contributed by atoms with Crippen molar-refractivity contribution in [2.45, 2.75) is 50.0 Å². The summed E-state index contributed by atoms with van der Waals surface area (Å²) in [6.07, 6.45) is 6.03. The van der Waals surface area contributed by atoms with Gasteiger partial charge in [-0.2, -0.15) is 0 Å². The zero-order chi connectivity index (χ0) is 16.7. The van der Waals surface area contributed by atoms with Gasteiger partial charge < -0.3 is 15.5 Å². The average Bonchev–Trinajstić information content (AvgIpc) is 3.21. The van der Waals surface area contributed by atoms with Gasteiger partial charge in [0.25, 0.3) is 0 Å². The Hall–Kier alpha value is -1.39. The predicted molar refractivity (Wildman–Crippen MR) is 91.8 cm³/mol. The summed E-state index contributed by atoms with van der Waals surface area (Å²) in [5.74, 6) is 0.256. The number of rotatable bonds is 4. The summed E-state index contributed by atoms with van der Waals surface area (Å²) in [6.45, 7) is 2.01. The molecule has 4 nitrogen and oxygen atoms in total. The van der Waals surface area contributed by atoms with E-state index in [2.05, 4.69) is 11.4 Å². The molecule has 2 saturated carbocycles. The van der Waals surface area contributed by atoms with E-state index in [9.17, 15) is 15.0 Å². The Morgan fingerprint density at radius 2 is 1.67 bits per heavy atom. The lowest BCUT2D eigenvalue weighted by atomic mass is 9.72. The highest BCUT2D eigenvalue weighted by molar-refractivity contribution is 5.80. The van der Waals surface area contributed by atoms with Crippen molar-refractivity contribution < 1.29 is 15.0 Å². The largest absolute Gasteiger partial charge is 0.479 e. The van der Waals surface area contributed by atoms with Crippen LogP contribution in [0.25, 0.3) is 0 Å². The van der Waals surface area contributed by atoms with Crippen LogP contribution in [0.4, 0.5) is 0 Å². The molecule has 0 radical (unpaired) electrons. The van der Waals surface area contributed by atoms with E-state index in [-0.39, 0.29) is 5.92 Å². The molecular weight excluding hydrogens is 302 g/mol. The number of carbonyl (C=O) groups is 1. The monoisotopic (exact) mass is 329 g/mol. The van der Waals surface area contributed by atoms with Gasteiger partial charge in [-0.3, -0.25) is 0 Å². The van der Waals surface area contributed by atoms with Crippen molar-refractivity contribution >= 4 is 5.97 Å². The third-order valence-electron chi connectivity index (χ3n) is 6.74. The molecule has 2 aliphatic carbocycles. The van der Waals surface area contributed by atoms with Crippen LogP contribution in [0, 0.1) is 17.8 Å². The molecule has 3 N–H and O–H groups in total. The van der Waals surface area contributed by atoms with E-state index in [4.69, 9.17) is 0 Å². The van der Waals surface area contributed by atoms with Crippen molar-refractivity contribution in [1.29, 1.82) is 0 Å². The van der Waals surface area contributed by atoms with E-state index in [1.54, 1.807) is 0 Å². The highest BCUT2D eigenvalue weighted by atomic mass is 16.4. The molecule has 1 saturated heterocycles. The van der Waals surface area contributed by atoms with E-state index in [0.29, 0.717) is 23.3 Å². The van der Waals surface area contributed by atoms with Crippen LogP contribution in [-0.2, 0) is 10.4 Å². The van der Waals surface area contributed by atoms with Gasteiger partial charge >= 0.3 is 5.97 Å². The normalized spacial score (nSPS) is 32.6. The minimum absolute atomic E-state index is 0.171. The Bertz CT molecular complexity index is 609. The maximum atomic E-state index is 12.2. The number of benzene rings is 1. The van der Waals surface area contributed by atoms with Gasteiger partial charge in [-0.05, 0) is 67.7 Å². The second kappa shape index (κ2) is 6.16. The SMILES string of the molecule is O=C(O)C(O)(c1ccccc1C1C2CCC1CNC2)C1CCCC1. The molecule has 2 bridgehead atoms. The summed E-state index contributed by atoms with van der Waals surface area (Å²) >= 11 is 0. The van der Waals surface area contributed by atoms with Crippen molar-refractivity contribution in [3.63, 3.8) is 0 Å². The number of piperidine rings is 1. The minimum atomic E-state index is -1.74. The zero-order valence-electron chi connectivity index (χ0n) is 14.1. The Labute approximate surface area is 143 Å². The van der Waals surface area contributed by atoms with Crippen molar-refractivity contribution in [1.82, 2.24) is 5.32 Å². The van der Waals surface area contributed by atoms with Crippen molar-refractivity contribution in [2.24, 2.45) is 17.8 Å². The highest BCUT2D eigenvalue weighted by Crippen LogP contribution is 2.50. The molecule has 0 spiro atoms. The van der Waals surface area contributed by atoms with Crippen molar-refractivity contribution in [2.75, 3.05) is 13.1 Å². The first-order valence-corrected chi connectivity index (χ1v) is 9.38. The highest BCUT2D eigenvalue weighted by Gasteiger charge is 2.50. The number of hydrogen-bond donors (Lipinski definition) is 3. The van der Waals surface area contributed by atoms with Crippen LogP contribution in [0.2, 0.25) is 0 Å². The standard InChI is InChI=1S/C20H27NO3/c22-19(23)20(24,15-5-1-2-6-15)17-8-4-3-7-16(17)18-13-9-10-14(18)12-21-11-13/h3-4,7-8,13-15,18,21,24H,1-2,5-6,9-12H2,(H,22,23). The molecule has 1 aromatic carbocycles. The Kier molecular flexibility index (Phi) is 4.13. The van der Waals surface area contributed by atoms with Crippen LogP contribution in [0.3, 0.4) is 0 Å². The fourth-order valence-corrected chi connectivity index (χ4v) is 5.58. The van der Waals surface area contributed by atoms with Gasteiger partial charge in [0.1, 0.15) is 0 Å². The number of hydrogen-bond acceptors (Lipinski definition) is 3. The number of aliphatic carboxylic acids is 1. The fourth-order valence-electron chi connectivity index (χ4n) is 5.58. The predicted octanol–water partition coefficient (Wildman–Crippen LogP) is 2.86. The summed E-state index contributed by atoms with van der Waals surface area (Å²) in [5.41, 5.74) is 0.00808. The van der Waals surface area contributed by atoms with E-state index in [0.717, 1.165) is 44.3 Å². The number of carboxylic acids is 1. The first-order chi connectivity index (χ1) is 11.6. The fraction of sp³-hybridized carbons (Fsp3) is 0.650. The first-order valence-electron chi connectivity index (χ1n) is 9.38. The molecule has 3 atom stereocenters. The molecule has 24 heavy (non-hydrogen) atoms. The van der Waals surface area contributed by atoms with Gasteiger partial charge in [0.15, 0.2) is 5.60 Å². The third-order valence-corrected chi connectivity index (χ3v) is 6.74. The summed E-state index contributed by atoms with van der Waals surface area (Å²) in [6, 6.07) is 7.81. The van der Waals surface area contributed by atoms with Crippen molar-refractivity contribution in [3.8, 4) is 0 Å². The second-order valence-corrected chi connectivity index (χ2v) is 7.92. The smallest absolute Gasteiger partial charge is 0.340 e. The summed E-state index contributed by atoms with van der Waals surface area (Å²) in [7, 11) is 0. The molecule has 0 aromatic heterocycles. The van der Waals surface area contributed by atoms with Crippen LogP contribution < -0.4 is 5.32 Å². The molecule has 3 fully saturated rings. The number of carboxylic acid groups (broad SMARTS) is 1. The molecule has 0 amide bonds. The van der Waals surface area contributed by atoms with Crippen LogP contribution in [-0.4, -0.2) is 29.3 Å². The van der Waals surface area contributed by atoms with E-state index in [1.807, 2.05) is 18.2 Å². The minimum Gasteiger partial charge on any atom is -0.479 e. The average molecular weight is 329 g/mol. The third kappa shape index (κ3) is 2.39. The number of nitrogens with one attached hydrogen (secondary N) is 1. The molecule has 4 rings (SSSR count). The maximum Gasteiger partial charge on any atom is 0.340 e. The molecule has 1 heterocycles. The van der Waals surface area contributed by atoms with Crippen LogP contribution in [0.5, 0.6) is 0 Å². The van der Waals surface area contributed by atoms with Crippen LogP contribution in [0.1, 0.15) is 55.6 Å². The van der Waals surface area contributed by atoms with Crippen LogP contribution >= 0.6 is 0 Å². The van der Waals surface area contributed by atoms with Gasteiger partial charge in [-0.15, -0.1) is 0 Å². The van der Waals surface area contributed by atoms with Gasteiger partial charge in [0.05, 0.1) is 0 Å². The zero-order valence-corrected chi connectivity index (χ0v) is 14.1. The molecule has 1 aliphatic heterocycles. The van der Waals surface area contributed by atoms with E-state index >= 15 is 0 Å². The quantitative estimate of drug-likeness (QED) is 0.794. The molecule has 1 aromatic rings. The molecule has 4 heteroatoms. The molecule has 3 unspecified atom stereocenters. The molecule has 3 aliphatic rings. The lowest BCUT2D eigenvalue weighted by Crippen LogP contribution is -2.44. The first kappa shape index (κ1) is 16.1. The van der Waals surface area contributed by atoms with Crippen LogP contribution in [0.15, 0.2) is 24.3 Å². The molecule has 130 valence electrons. The topological polar surface area (TPSA) is 69.6 Å². The molecular formula is C20H27NO3. The van der Waals surface area contributed by atoms with Gasteiger partial charge in [-0.25, -0.2) is 4.79 Å². The lowest BCUT2D eigenvalue weighted by molar-refractivity contribution is -0.166. The van der Waals surface area contributed by atoms with Crippen molar-refractivity contribution in [3.05, 3.63) is 35.4 Å². The maximum absolute atomic E-state index is 12.2. The van der Waals surface area contributed by atoms with E-state index in [1.165, 1.54) is 12.8 Å². The summed E-state index contributed by atoms with van der Waals surface area (Å²) < 4.78 is 0. The lowest BCUT2D eigenvalue weighted by Gasteiger charge is -2.37. The number of fused-ring (bicyclic) bond motifs is 2. The Morgan fingerprint density at radius 1 is 1.04 bits per heavy atom. The second-order valence-electron chi connectivity index (χ2n) is 7.92. The Balaban J connectivity index is 1.79. The van der Waals surface area contributed by atoms with Gasteiger partial charge in [0, 0.05) is 5.92 Å². The summed E-state index contributed by atoms with van der Waals surface area (Å²) in [4.78, 5) is 12.2. The van der Waals surface area contributed by atoms with E-state index < -0.39 is 11.6 Å². The number of aliphatic hydroxyl groups is 1. The summed E-state index contributed by atoms with van der Waals surface area (Å²) in [5, 5.41) is 24.8. The van der Waals surface area contributed by atoms with Gasteiger partial charge in [-0.1, -0.05) is 37.1 Å². The van der Waals surface area contributed by atoms with Gasteiger partial charge in [0.2, 0.25) is 0 Å².